The third kappa shape index (κ3) is 1.93. The molecule has 0 radical (unpaired) electrons. The Morgan fingerprint density at radius 3 is 2.33 bits per heavy atom. The van der Waals surface area contributed by atoms with Crippen LogP contribution in [0.1, 0.15) is 11.7 Å². The molecule has 0 aromatic heterocycles. The lowest BCUT2D eigenvalue weighted by molar-refractivity contribution is -0.0283. The van der Waals surface area contributed by atoms with Gasteiger partial charge in [0.05, 0.1) is 0 Å². The second kappa shape index (κ2) is 3.83. The molecular formula is C8H7ClF2O. The molecule has 0 aliphatic rings. The van der Waals surface area contributed by atoms with Crippen molar-refractivity contribution < 1.29 is 13.9 Å². The lowest BCUT2D eigenvalue weighted by Crippen LogP contribution is -2.08. The van der Waals surface area contributed by atoms with Gasteiger partial charge in [0.2, 0.25) is 6.36 Å². The van der Waals surface area contributed by atoms with Crippen LogP contribution in [0.3, 0.4) is 0 Å². The molecule has 0 saturated carbocycles. The van der Waals surface area contributed by atoms with E-state index in [1.165, 1.54) is 18.2 Å². The van der Waals surface area contributed by atoms with Gasteiger partial charge in [-0.05, 0) is 6.07 Å². The van der Waals surface area contributed by atoms with Crippen molar-refractivity contribution in [2.24, 2.45) is 0 Å². The van der Waals surface area contributed by atoms with Crippen molar-refractivity contribution in [2.75, 3.05) is 0 Å². The molecule has 1 nitrogen and oxygen atoms in total. The Hall–Kier alpha value is -0.670. The van der Waals surface area contributed by atoms with Crippen LogP contribution in [0.25, 0.3) is 0 Å². The molecule has 1 aromatic rings. The van der Waals surface area contributed by atoms with E-state index in [2.05, 4.69) is 0 Å². The number of alkyl halides is 2. The first-order valence-electron chi connectivity index (χ1n) is 3.33. The van der Waals surface area contributed by atoms with Crippen LogP contribution >= 0.6 is 11.6 Å². The molecule has 0 fully saturated rings. The van der Waals surface area contributed by atoms with Crippen LogP contribution in [-0.4, -0.2) is 11.5 Å². The summed E-state index contributed by atoms with van der Waals surface area (Å²) >= 11 is 5.55. The van der Waals surface area contributed by atoms with Gasteiger partial charge in [-0.25, -0.2) is 8.78 Å². The average molecular weight is 193 g/mol. The molecule has 0 aliphatic heterocycles. The minimum atomic E-state index is -2.52. The normalized spacial score (nSPS) is 15.7. The minimum Gasteiger partial charge on any atom is -0.362 e. The predicted octanol–water partition coefficient (Wildman–Crippen LogP) is 2.64. The standard InChI is InChI=1S/C8H7ClF2O/c9-6-4-2-1-3-5(6)7(10)8(11)12/h1-4,7-8,12H. The molecule has 0 amide bonds. The Kier molecular flexibility index (Phi) is 3.00. The van der Waals surface area contributed by atoms with Crippen LogP contribution in [0, 0.1) is 0 Å². The number of rotatable bonds is 2. The Labute approximate surface area is 73.6 Å². The topological polar surface area (TPSA) is 20.2 Å². The zero-order valence-electron chi connectivity index (χ0n) is 6.05. The van der Waals surface area contributed by atoms with Gasteiger partial charge >= 0.3 is 0 Å². The van der Waals surface area contributed by atoms with Crippen LogP contribution in [0.15, 0.2) is 24.3 Å². The average Bonchev–Trinajstić information content (AvgIpc) is 2.04. The van der Waals surface area contributed by atoms with Crippen molar-refractivity contribution in [3.63, 3.8) is 0 Å². The van der Waals surface area contributed by atoms with Gasteiger partial charge in [0.15, 0.2) is 6.17 Å². The summed E-state index contributed by atoms with van der Waals surface area (Å²) in [6.07, 6.45) is -4.59. The Balaban J connectivity index is 2.94. The summed E-state index contributed by atoms with van der Waals surface area (Å²) in [5, 5.41) is 8.41. The van der Waals surface area contributed by atoms with Crippen LogP contribution in [0.5, 0.6) is 0 Å². The third-order valence-corrected chi connectivity index (χ3v) is 1.79. The summed E-state index contributed by atoms with van der Waals surface area (Å²) in [5.74, 6) is 0. The van der Waals surface area contributed by atoms with Gasteiger partial charge in [0.1, 0.15) is 0 Å². The molecule has 0 heterocycles. The maximum Gasteiger partial charge on any atom is 0.232 e. The molecule has 1 N–H and O–H groups in total. The lowest BCUT2D eigenvalue weighted by Gasteiger charge is -2.09. The van der Waals surface area contributed by atoms with Gasteiger partial charge in [-0.3, -0.25) is 0 Å². The monoisotopic (exact) mass is 192 g/mol. The van der Waals surface area contributed by atoms with E-state index in [0.29, 0.717) is 0 Å². The fraction of sp³-hybridized carbons (Fsp3) is 0.250. The zero-order valence-corrected chi connectivity index (χ0v) is 6.80. The van der Waals surface area contributed by atoms with Gasteiger partial charge in [-0.15, -0.1) is 0 Å². The first-order chi connectivity index (χ1) is 5.63. The molecule has 66 valence electrons. The maximum absolute atomic E-state index is 12.8. The predicted molar refractivity (Wildman–Crippen MR) is 42.4 cm³/mol. The number of hydrogen-bond donors (Lipinski definition) is 1. The van der Waals surface area contributed by atoms with Gasteiger partial charge in [0, 0.05) is 10.6 Å². The fourth-order valence-corrected chi connectivity index (χ4v) is 1.09. The van der Waals surface area contributed by atoms with Crippen molar-refractivity contribution in [3.8, 4) is 0 Å². The zero-order chi connectivity index (χ0) is 9.14. The third-order valence-electron chi connectivity index (χ3n) is 1.44. The van der Waals surface area contributed by atoms with Gasteiger partial charge < -0.3 is 5.11 Å². The Morgan fingerprint density at radius 2 is 1.83 bits per heavy atom. The van der Waals surface area contributed by atoms with Crippen molar-refractivity contribution in [1.29, 1.82) is 0 Å². The smallest absolute Gasteiger partial charge is 0.232 e. The summed E-state index contributed by atoms with van der Waals surface area (Å²) < 4.78 is 24.9. The van der Waals surface area contributed by atoms with Crippen LogP contribution in [0.2, 0.25) is 5.02 Å². The van der Waals surface area contributed by atoms with Crippen LogP contribution in [0.4, 0.5) is 8.78 Å². The number of aliphatic hydroxyl groups is 1. The first-order valence-corrected chi connectivity index (χ1v) is 3.71. The van der Waals surface area contributed by atoms with Gasteiger partial charge in [-0.1, -0.05) is 29.8 Å². The molecular weight excluding hydrogens is 186 g/mol. The van der Waals surface area contributed by atoms with Gasteiger partial charge in [-0.2, -0.15) is 0 Å². The molecule has 4 heteroatoms. The van der Waals surface area contributed by atoms with Crippen molar-refractivity contribution >= 4 is 11.6 Å². The van der Waals surface area contributed by atoms with Crippen LogP contribution < -0.4 is 0 Å². The van der Waals surface area contributed by atoms with E-state index in [-0.39, 0.29) is 10.6 Å². The van der Waals surface area contributed by atoms with E-state index in [1.54, 1.807) is 6.07 Å². The summed E-state index contributed by atoms with van der Waals surface area (Å²) in [6.45, 7) is 0. The minimum absolute atomic E-state index is 0.0332. The number of halogens is 3. The van der Waals surface area contributed by atoms with E-state index in [0.717, 1.165) is 0 Å². The Bertz CT molecular complexity index is 265. The first kappa shape index (κ1) is 9.42. The van der Waals surface area contributed by atoms with Crippen molar-refractivity contribution in [3.05, 3.63) is 34.9 Å². The molecule has 2 atom stereocenters. The molecule has 1 aromatic carbocycles. The van der Waals surface area contributed by atoms with E-state index in [4.69, 9.17) is 16.7 Å². The van der Waals surface area contributed by atoms with Crippen molar-refractivity contribution in [2.45, 2.75) is 12.5 Å². The SMILES string of the molecule is OC(F)C(F)c1ccccc1Cl. The highest BCUT2D eigenvalue weighted by atomic mass is 35.5. The molecule has 0 saturated heterocycles. The summed E-state index contributed by atoms with van der Waals surface area (Å²) in [5.41, 5.74) is -0.0332. The van der Waals surface area contributed by atoms with E-state index >= 15 is 0 Å². The molecule has 2 unspecified atom stereocenters. The summed E-state index contributed by atoms with van der Waals surface area (Å²) in [6, 6.07) is 5.89. The summed E-state index contributed by atoms with van der Waals surface area (Å²) in [4.78, 5) is 0. The molecule has 12 heavy (non-hydrogen) atoms. The quantitative estimate of drug-likeness (QED) is 0.764. The van der Waals surface area contributed by atoms with E-state index in [9.17, 15) is 8.78 Å². The van der Waals surface area contributed by atoms with Crippen LogP contribution in [-0.2, 0) is 0 Å². The molecule has 0 aliphatic carbocycles. The largest absolute Gasteiger partial charge is 0.362 e. The van der Waals surface area contributed by atoms with Crippen molar-refractivity contribution in [1.82, 2.24) is 0 Å². The molecule has 0 spiro atoms. The summed E-state index contributed by atoms with van der Waals surface area (Å²) in [7, 11) is 0. The van der Waals surface area contributed by atoms with E-state index < -0.39 is 12.5 Å². The highest BCUT2D eigenvalue weighted by Gasteiger charge is 2.21. The lowest BCUT2D eigenvalue weighted by atomic mass is 10.1. The second-order valence-electron chi connectivity index (χ2n) is 2.30. The highest BCUT2D eigenvalue weighted by Crippen LogP contribution is 2.28. The van der Waals surface area contributed by atoms with E-state index in [1.807, 2.05) is 0 Å². The fourth-order valence-electron chi connectivity index (χ4n) is 0.847. The number of aliphatic hydroxyl groups excluding tert-OH is 1. The number of hydrogen-bond acceptors (Lipinski definition) is 1. The molecule has 0 bridgehead atoms. The molecule has 1 rings (SSSR count). The number of benzene rings is 1. The Morgan fingerprint density at radius 1 is 1.25 bits per heavy atom. The van der Waals surface area contributed by atoms with Gasteiger partial charge in [0.25, 0.3) is 0 Å². The maximum atomic E-state index is 12.8. The highest BCUT2D eigenvalue weighted by molar-refractivity contribution is 6.31. The second-order valence-corrected chi connectivity index (χ2v) is 2.70.